The Hall–Kier alpha value is -1.66. The van der Waals surface area contributed by atoms with Gasteiger partial charge in [0.15, 0.2) is 0 Å². The fraction of sp³-hybridized carbons (Fsp3) is 0.895. The standard InChI is InChI=1S/C57H109NO5/c1-3-5-7-9-11-13-15-16-26-30-33-37-41-45-49-55(60)54(53-59)58-56(61)50-46-42-38-34-31-27-24-22-20-18-17-19-21-23-25-28-32-36-40-44-48-52-63-57(62)51-47-43-39-35-29-14-12-10-8-6-4-2/h28,32,40,44,54-55,59-60H,3-27,29-31,33-39,41-43,45-53H2,1-2H3,(H,58,61)/b32-28-,44-40-. The molecule has 0 bridgehead atoms. The van der Waals surface area contributed by atoms with Gasteiger partial charge in [0.05, 0.1) is 25.4 Å². The molecule has 0 aliphatic carbocycles. The van der Waals surface area contributed by atoms with Crippen LogP contribution in [0.2, 0.25) is 0 Å². The molecule has 3 N–H and O–H groups in total. The smallest absolute Gasteiger partial charge is 0.305 e. The van der Waals surface area contributed by atoms with Crippen LogP contribution in [0.4, 0.5) is 0 Å². The van der Waals surface area contributed by atoms with E-state index in [2.05, 4.69) is 43.5 Å². The van der Waals surface area contributed by atoms with E-state index in [-0.39, 0.29) is 18.5 Å². The van der Waals surface area contributed by atoms with Crippen molar-refractivity contribution in [3.63, 3.8) is 0 Å². The minimum absolute atomic E-state index is 0.0355. The molecule has 0 saturated heterocycles. The van der Waals surface area contributed by atoms with E-state index in [0.717, 1.165) is 51.4 Å². The third-order valence-electron chi connectivity index (χ3n) is 13.0. The van der Waals surface area contributed by atoms with Crippen LogP contribution in [0.15, 0.2) is 24.3 Å². The van der Waals surface area contributed by atoms with E-state index < -0.39 is 12.1 Å². The van der Waals surface area contributed by atoms with E-state index in [1.54, 1.807) is 0 Å². The summed E-state index contributed by atoms with van der Waals surface area (Å²) in [7, 11) is 0. The Balaban J connectivity index is 3.45. The molecule has 2 unspecified atom stereocenters. The minimum atomic E-state index is -0.666. The highest BCUT2D eigenvalue weighted by Crippen LogP contribution is 2.17. The predicted octanol–water partition coefficient (Wildman–Crippen LogP) is 17.1. The lowest BCUT2D eigenvalue weighted by Crippen LogP contribution is -2.45. The molecule has 0 aromatic rings. The lowest BCUT2D eigenvalue weighted by Gasteiger charge is -2.22. The highest BCUT2D eigenvalue weighted by atomic mass is 16.5. The van der Waals surface area contributed by atoms with E-state index in [1.165, 1.54) is 218 Å². The lowest BCUT2D eigenvalue weighted by molar-refractivity contribution is -0.143. The van der Waals surface area contributed by atoms with Gasteiger partial charge in [0.25, 0.3) is 0 Å². The molecular formula is C57H109NO5. The lowest BCUT2D eigenvalue weighted by atomic mass is 10.0. The highest BCUT2D eigenvalue weighted by Gasteiger charge is 2.20. The molecule has 0 radical (unpaired) electrons. The van der Waals surface area contributed by atoms with Gasteiger partial charge in [0.1, 0.15) is 0 Å². The van der Waals surface area contributed by atoms with Crippen LogP contribution in [-0.4, -0.2) is 47.4 Å². The number of hydrogen-bond acceptors (Lipinski definition) is 5. The molecular weight excluding hydrogens is 779 g/mol. The van der Waals surface area contributed by atoms with Gasteiger partial charge in [0, 0.05) is 12.8 Å². The summed E-state index contributed by atoms with van der Waals surface area (Å²) in [5.41, 5.74) is 0. The van der Waals surface area contributed by atoms with Crippen LogP contribution >= 0.6 is 0 Å². The Morgan fingerprint density at radius 2 is 0.794 bits per heavy atom. The number of amides is 1. The second kappa shape index (κ2) is 53.0. The van der Waals surface area contributed by atoms with Crippen LogP contribution in [0.1, 0.15) is 303 Å². The van der Waals surface area contributed by atoms with Crippen molar-refractivity contribution in [2.45, 2.75) is 315 Å². The molecule has 6 heteroatoms. The number of carbonyl (C=O) groups excluding carboxylic acids is 2. The van der Waals surface area contributed by atoms with Crippen molar-refractivity contribution >= 4 is 11.9 Å². The second-order valence-electron chi connectivity index (χ2n) is 19.3. The largest absolute Gasteiger partial charge is 0.465 e. The molecule has 0 rings (SSSR count). The molecule has 0 aliphatic heterocycles. The molecule has 0 spiro atoms. The first kappa shape index (κ1) is 61.3. The SMILES string of the molecule is CCCCCCCCCCCCCCCCC(O)C(CO)NC(=O)CCCCCCCCCCCCCCCC/C=C\C/C=C\CCOC(=O)CCCCCCCCCCCCC. The Morgan fingerprint density at radius 3 is 1.21 bits per heavy atom. The molecule has 0 aliphatic rings. The van der Waals surface area contributed by atoms with Crippen molar-refractivity contribution in [3.8, 4) is 0 Å². The van der Waals surface area contributed by atoms with Crippen molar-refractivity contribution in [2.75, 3.05) is 13.2 Å². The first-order valence-corrected chi connectivity index (χ1v) is 28.1. The van der Waals surface area contributed by atoms with Crippen LogP contribution in [0.5, 0.6) is 0 Å². The number of hydrogen-bond donors (Lipinski definition) is 3. The zero-order chi connectivity index (χ0) is 45.8. The van der Waals surface area contributed by atoms with E-state index in [0.29, 0.717) is 25.9 Å². The van der Waals surface area contributed by atoms with Gasteiger partial charge in [-0.05, 0) is 44.9 Å². The molecule has 0 aromatic heterocycles. The molecule has 1 amide bonds. The van der Waals surface area contributed by atoms with Crippen molar-refractivity contribution in [1.29, 1.82) is 0 Å². The van der Waals surface area contributed by atoms with Gasteiger partial charge in [-0.15, -0.1) is 0 Å². The van der Waals surface area contributed by atoms with E-state index in [4.69, 9.17) is 4.74 Å². The van der Waals surface area contributed by atoms with Crippen LogP contribution < -0.4 is 5.32 Å². The number of ether oxygens (including phenoxy) is 1. The molecule has 0 heterocycles. The van der Waals surface area contributed by atoms with Gasteiger partial charge in [-0.1, -0.05) is 269 Å². The number of nitrogens with one attached hydrogen (secondary N) is 1. The van der Waals surface area contributed by atoms with Crippen molar-refractivity contribution in [2.24, 2.45) is 0 Å². The van der Waals surface area contributed by atoms with Crippen LogP contribution in [-0.2, 0) is 14.3 Å². The number of aliphatic hydroxyl groups excluding tert-OH is 2. The summed E-state index contributed by atoms with van der Waals surface area (Å²) in [6.07, 6.45) is 63.2. The van der Waals surface area contributed by atoms with Crippen LogP contribution in [0.25, 0.3) is 0 Å². The van der Waals surface area contributed by atoms with E-state index >= 15 is 0 Å². The van der Waals surface area contributed by atoms with Crippen molar-refractivity contribution in [3.05, 3.63) is 24.3 Å². The van der Waals surface area contributed by atoms with Gasteiger partial charge in [-0.25, -0.2) is 0 Å². The van der Waals surface area contributed by atoms with Gasteiger partial charge < -0.3 is 20.3 Å². The van der Waals surface area contributed by atoms with Gasteiger partial charge >= 0.3 is 5.97 Å². The fourth-order valence-electron chi connectivity index (χ4n) is 8.71. The first-order valence-electron chi connectivity index (χ1n) is 28.1. The Kier molecular flexibility index (Phi) is 51.6. The maximum atomic E-state index is 12.5. The van der Waals surface area contributed by atoms with E-state index in [1.807, 2.05) is 0 Å². The number of esters is 1. The van der Waals surface area contributed by atoms with Crippen molar-refractivity contribution in [1.82, 2.24) is 5.32 Å². The average molecular weight is 889 g/mol. The number of allylic oxidation sites excluding steroid dienone is 3. The summed E-state index contributed by atoms with van der Waals surface area (Å²) in [4.78, 5) is 24.4. The summed E-state index contributed by atoms with van der Waals surface area (Å²) >= 11 is 0. The summed E-state index contributed by atoms with van der Waals surface area (Å²) in [6, 6.07) is -0.544. The zero-order valence-electron chi connectivity index (χ0n) is 42.3. The van der Waals surface area contributed by atoms with Crippen LogP contribution in [0.3, 0.4) is 0 Å². The normalized spacial score (nSPS) is 12.8. The summed E-state index contributed by atoms with van der Waals surface area (Å²) in [5, 5.41) is 23.2. The molecule has 2 atom stereocenters. The Bertz CT molecular complexity index is 982. The molecule has 0 saturated carbocycles. The molecule has 0 fully saturated rings. The number of rotatable bonds is 52. The average Bonchev–Trinajstić information content (AvgIpc) is 3.28. The van der Waals surface area contributed by atoms with Crippen molar-refractivity contribution < 1.29 is 24.5 Å². The quantitative estimate of drug-likeness (QED) is 0.0321. The number of carbonyl (C=O) groups is 2. The Morgan fingerprint density at radius 1 is 0.444 bits per heavy atom. The van der Waals surface area contributed by atoms with E-state index in [9.17, 15) is 19.8 Å². The maximum absolute atomic E-state index is 12.5. The highest BCUT2D eigenvalue weighted by molar-refractivity contribution is 5.76. The van der Waals surface area contributed by atoms with Gasteiger partial charge in [0.2, 0.25) is 5.91 Å². The molecule has 6 nitrogen and oxygen atoms in total. The van der Waals surface area contributed by atoms with Crippen LogP contribution in [0, 0.1) is 0 Å². The Labute approximate surface area is 392 Å². The minimum Gasteiger partial charge on any atom is -0.465 e. The monoisotopic (exact) mass is 888 g/mol. The third kappa shape index (κ3) is 49.6. The first-order chi connectivity index (χ1) is 31.0. The summed E-state index contributed by atoms with van der Waals surface area (Å²) in [6.45, 7) is 4.84. The number of unbranched alkanes of at least 4 members (excludes halogenated alkanes) is 37. The summed E-state index contributed by atoms with van der Waals surface area (Å²) < 4.78 is 5.39. The predicted molar refractivity (Wildman–Crippen MR) is 273 cm³/mol. The zero-order valence-corrected chi connectivity index (χ0v) is 42.3. The summed E-state index contributed by atoms with van der Waals surface area (Å²) in [5.74, 6) is -0.0743. The second-order valence-corrected chi connectivity index (χ2v) is 19.3. The molecule has 0 aromatic carbocycles. The van der Waals surface area contributed by atoms with Gasteiger partial charge in [-0.3, -0.25) is 9.59 Å². The topological polar surface area (TPSA) is 95.9 Å². The fourth-order valence-corrected chi connectivity index (χ4v) is 8.71. The number of aliphatic hydroxyl groups is 2. The molecule has 372 valence electrons. The van der Waals surface area contributed by atoms with Gasteiger partial charge in [-0.2, -0.15) is 0 Å². The maximum Gasteiger partial charge on any atom is 0.305 e. The molecule has 63 heavy (non-hydrogen) atoms. The third-order valence-corrected chi connectivity index (χ3v) is 13.0.